The fraction of sp³-hybridized carbons (Fsp3) is 0.211. The third kappa shape index (κ3) is 2.73. The summed E-state index contributed by atoms with van der Waals surface area (Å²) in [6.07, 6.45) is 1.05. The molecule has 8 heteroatoms. The van der Waals surface area contributed by atoms with Gasteiger partial charge in [-0.25, -0.2) is 13.6 Å². The SMILES string of the molecule is O=C(CN1C(=O)NC2(CCc3ccccc32)C1=O)Nc1cc(F)ccc1F. The Morgan fingerprint density at radius 2 is 1.96 bits per heavy atom. The molecule has 2 aromatic rings. The number of hydrogen-bond donors (Lipinski definition) is 2. The minimum absolute atomic E-state index is 0.354. The highest BCUT2D eigenvalue weighted by atomic mass is 19.1. The van der Waals surface area contributed by atoms with E-state index in [9.17, 15) is 23.2 Å². The van der Waals surface area contributed by atoms with Gasteiger partial charge in [0.25, 0.3) is 5.91 Å². The molecule has 4 amide bonds. The van der Waals surface area contributed by atoms with E-state index in [1.54, 1.807) is 12.1 Å². The second kappa shape index (κ2) is 6.15. The predicted molar refractivity (Wildman–Crippen MR) is 91.7 cm³/mol. The number of carbonyl (C=O) groups is 3. The third-order valence-electron chi connectivity index (χ3n) is 4.93. The average molecular weight is 371 g/mol. The number of carbonyl (C=O) groups excluding carboxylic acids is 3. The molecular formula is C19H15F2N3O3. The number of urea groups is 1. The standard InChI is InChI=1S/C19H15F2N3O3/c20-12-5-6-14(21)15(9-12)22-16(25)10-24-17(26)19(23-18(24)27)8-7-11-3-1-2-4-13(11)19/h1-6,9H,7-8,10H2,(H,22,25)(H,23,27). The lowest BCUT2D eigenvalue weighted by Crippen LogP contribution is -2.43. The van der Waals surface area contributed by atoms with Crippen molar-refractivity contribution in [2.45, 2.75) is 18.4 Å². The van der Waals surface area contributed by atoms with E-state index in [2.05, 4.69) is 10.6 Å². The molecule has 0 aromatic heterocycles. The van der Waals surface area contributed by atoms with E-state index in [0.717, 1.165) is 34.2 Å². The summed E-state index contributed by atoms with van der Waals surface area (Å²) >= 11 is 0. The van der Waals surface area contributed by atoms with E-state index in [1.807, 2.05) is 12.1 Å². The number of imide groups is 1. The van der Waals surface area contributed by atoms with Gasteiger partial charge in [-0.2, -0.15) is 0 Å². The number of nitrogens with zero attached hydrogens (tertiary/aromatic N) is 1. The summed E-state index contributed by atoms with van der Waals surface area (Å²) in [5.74, 6) is -2.86. The largest absolute Gasteiger partial charge is 0.325 e. The maximum absolute atomic E-state index is 13.7. The van der Waals surface area contributed by atoms with Gasteiger partial charge in [0, 0.05) is 6.07 Å². The first-order chi connectivity index (χ1) is 12.9. The Labute approximate surface area is 153 Å². The Balaban J connectivity index is 1.54. The normalized spacial score (nSPS) is 20.7. The molecule has 27 heavy (non-hydrogen) atoms. The summed E-state index contributed by atoms with van der Waals surface area (Å²) in [6, 6.07) is 9.26. The van der Waals surface area contributed by atoms with Crippen LogP contribution in [0.1, 0.15) is 17.5 Å². The summed E-state index contributed by atoms with van der Waals surface area (Å²) in [6.45, 7) is -0.593. The van der Waals surface area contributed by atoms with Crippen molar-refractivity contribution in [1.82, 2.24) is 10.2 Å². The van der Waals surface area contributed by atoms with Crippen LogP contribution in [-0.2, 0) is 21.5 Å². The van der Waals surface area contributed by atoms with E-state index < -0.39 is 41.6 Å². The summed E-state index contributed by atoms with van der Waals surface area (Å²) in [5, 5.41) is 4.89. The first-order valence-electron chi connectivity index (χ1n) is 8.38. The fourth-order valence-corrected chi connectivity index (χ4v) is 3.66. The van der Waals surface area contributed by atoms with Gasteiger partial charge < -0.3 is 10.6 Å². The molecule has 0 saturated carbocycles. The van der Waals surface area contributed by atoms with Crippen LogP contribution in [-0.4, -0.2) is 29.3 Å². The number of halogens is 2. The molecule has 1 heterocycles. The van der Waals surface area contributed by atoms with Gasteiger partial charge in [-0.3, -0.25) is 14.5 Å². The number of nitrogens with one attached hydrogen (secondary N) is 2. The molecule has 2 aromatic carbocycles. The van der Waals surface area contributed by atoms with Crippen molar-refractivity contribution >= 4 is 23.5 Å². The Hall–Kier alpha value is -3.29. The minimum Gasteiger partial charge on any atom is -0.322 e. The van der Waals surface area contributed by atoms with Crippen LogP contribution in [0.2, 0.25) is 0 Å². The Bertz CT molecular complexity index is 978. The summed E-state index contributed by atoms with van der Waals surface area (Å²) in [7, 11) is 0. The van der Waals surface area contributed by atoms with Gasteiger partial charge in [-0.05, 0) is 36.1 Å². The highest BCUT2D eigenvalue weighted by Gasteiger charge is 2.55. The summed E-state index contributed by atoms with van der Waals surface area (Å²) < 4.78 is 26.9. The highest BCUT2D eigenvalue weighted by Crippen LogP contribution is 2.41. The molecule has 6 nitrogen and oxygen atoms in total. The maximum Gasteiger partial charge on any atom is 0.325 e. The Morgan fingerprint density at radius 3 is 2.78 bits per heavy atom. The van der Waals surface area contributed by atoms with Crippen LogP contribution in [0.25, 0.3) is 0 Å². The molecule has 1 unspecified atom stereocenters. The van der Waals surface area contributed by atoms with Gasteiger partial charge in [-0.1, -0.05) is 24.3 Å². The van der Waals surface area contributed by atoms with Crippen LogP contribution in [0.5, 0.6) is 0 Å². The molecule has 138 valence electrons. The van der Waals surface area contributed by atoms with E-state index in [1.165, 1.54) is 0 Å². The van der Waals surface area contributed by atoms with Crippen molar-refractivity contribution < 1.29 is 23.2 Å². The van der Waals surface area contributed by atoms with Crippen molar-refractivity contribution in [2.24, 2.45) is 0 Å². The third-order valence-corrected chi connectivity index (χ3v) is 4.93. The van der Waals surface area contributed by atoms with Gasteiger partial charge in [0.05, 0.1) is 5.69 Å². The lowest BCUT2D eigenvalue weighted by atomic mass is 9.92. The van der Waals surface area contributed by atoms with Crippen LogP contribution in [0, 0.1) is 11.6 Å². The minimum atomic E-state index is -1.17. The van der Waals surface area contributed by atoms with Crippen LogP contribution in [0.3, 0.4) is 0 Å². The number of rotatable bonds is 3. The van der Waals surface area contributed by atoms with Gasteiger partial charge in [0.1, 0.15) is 23.7 Å². The summed E-state index contributed by atoms with van der Waals surface area (Å²) in [4.78, 5) is 38.3. The molecular weight excluding hydrogens is 356 g/mol. The van der Waals surface area contributed by atoms with Gasteiger partial charge in [-0.15, -0.1) is 0 Å². The van der Waals surface area contributed by atoms with E-state index >= 15 is 0 Å². The lowest BCUT2D eigenvalue weighted by Gasteiger charge is -2.22. The number of anilines is 1. The Morgan fingerprint density at radius 1 is 1.19 bits per heavy atom. The second-order valence-electron chi connectivity index (χ2n) is 6.56. The van der Waals surface area contributed by atoms with E-state index in [0.29, 0.717) is 12.8 Å². The molecule has 4 rings (SSSR count). The van der Waals surface area contributed by atoms with Crippen LogP contribution in [0.15, 0.2) is 42.5 Å². The van der Waals surface area contributed by atoms with Crippen LogP contribution >= 0.6 is 0 Å². The molecule has 1 saturated heterocycles. The fourth-order valence-electron chi connectivity index (χ4n) is 3.66. The first-order valence-corrected chi connectivity index (χ1v) is 8.38. The monoisotopic (exact) mass is 371 g/mol. The first kappa shape index (κ1) is 17.1. The molecule has 1 atom stereocenters. The molecule has 2 N–H and O–H groups in total. The topological polar surface area (TPSA) is 78.5 Å². The highest BCUT2D eigenvalue weighted by molar-refractivity contribution is 6.10. The van der Waals surface area contributed by atoms with Crippen molar-refractivity contribution in [3.63, 3.8) is 0 Å². The number of aryl methyl sites for hydroxylation is 1. The van der Waals surface area contributed by atoms with E-state index in [-0.39, 0.29) is 5.69 Å². The molecule has 1 aliphatic heterocycles. The van der Waals surface area contributed by atoms with Crippen molar-refractivity contribution in [1.29, 1.82) is 0 Å². The lowest BCUT2D eigenvalue weighted by molar-refractivity contribution is -0.134. The molecule has 0 bridgehead atoms. The second-order valence-corrected chi connectivity index (χ2v) is 6.56. The zero-order chi connectivity index (χ0) is 19.2. The van der Waals surface area contributed by atoms with Crippen LogP contribution < -0.4 is 10.6 Å². The van der Waals surface area contributed by atoms with Crippen LogP contribution in [0.4, 0.5) is 19.3 Å². The molecule has 0 radical (unpaired) electrons. The summed E-state index contributed by atoms with van der Waals surface area (Å²) in [5.41, 5.74) is 0.174. The zero-order valence-corrected chi connectivity index (χ0v) is 14.1. The van der Waals surface area contributed by atoms with Crippen molar-refractivity contribution in [3.8, 4) is 0 Å². The van der Waals surface area contributed by atoms with Gasteiger partial charge in [0.2, 0.25) is 5.91 Å². The molecule has 1 aliphatic carbocycles. The molecule has 2 aliphatic rings. The smallest absolute Gasteiger partial charge is 0.322 e. The van der Waals surface area contributed by atoms with Crippen molar-refractivity contribution in [3.05, 3.63) is 65.2 Å². The quantitative estimate of drug-likeness (QED) is 0.813. The molecule has 1 spiro atoms. The molecule has 1 fully saturated rings. The predicted octanol–water partition coefficient (Wildman–Crippen LogP) is 2.30. The number of amides is 4. The number of benzene rings is 2. The average Bonchev–Trinajstić information content (AvgIpc) is 3.12. The number of fused-ring (bicyclic) bond motifs is 2. The zero-order valence-electron chi connectivity index (χ0n) is 14.1. The van der Waals surface area contributed by atoms with Gasteiger partial charge >= 0.3 is 6.03 Å². The van der Waals surface area contributed by atoms with Crippen molar-refractivity contribution in [2.75, 3.05) is 11.9 Å². The maximum atomic E-state index is 13.7. The van der Waals surface area contributed by atoms with Gasteiger partial charge in [0.15, 0.2) is 0 Å². The van der Waals surface area contributed by atoms with E-state index in [4.69, 9.17) is 0 Å². The number of hydrogen-bond acceptors (Lipinski definition) is 3. The Kier molecular flexibility index (Phi) is 3.91.